The Morgan fingerprint density at radius 1 is 1.61 bits per heavy atom. The van der Waals surface area contributed by atoms with E-state index in [2.05, 4.69) is 16.2 Å². The molecule has 1 aliphatic rings. The molecule has 0 aliphatic carbocycles. The lowest BCUT2D eigenvalue weighted by molar-refractivity contribution is 0.0963. The standard InChI is InChI=1S/C12H20N4O2/c1-3-7-14-11(13)15-10-5-8-16(9-6-10)12(17)18-4-2/h1,10H,4-9H2,2H3,(H3,13,14,15). The van der Waals surface area contributed by atoms with E-state index in [9.17, 15) is 4.79 Å². The van der Waals surface area contributed by atoms with Gasteiger partial charge >= 0.3 is 6.09 Å². The molecule has 6 nitrogen and oxygen atoms in total. The SMILES string of the molecule is C#CCN=C(N)NC1CCN(C(=O)OCC)CC1. The number of ether oxygens (including phenoxy) is 1. The molecular formula is C12H20N4O2. The highest BCUT2D eigenvalue weighted by Crippen LogP contribution is 2.11. The third kappa shape index (κ3) is 4.53. The molecule has 0 aromatic heterocycles. The van der Waals surface area contributed by atoms with Crippen molar-refractivity contribution in [2.24, 2.45) is 10.7 Å². The maximum atomic E-state index is 11.5. The Bertz CT molecular complexity index is 340. The van der Waals surface area contributed by atoms with Crippen LogP contribution < -0.4 is 11.1 Å². The lowest BCUT2D eigenvalue weighted by Gasteiger charge is -2.31. The number of carbonyl (C=O) groups excluding carboxylic acids is 1. The molecule has 18 heavy (non-hydrogen) atoms. The number of rotatable bonds is 3. The molecule has 3 N–H and O–H groups in total. The summed E-state index contributed by atoms with van der Waals surface area (Å²) in [4.78, 5) is 17.1. The summed E-state index contributed by atoms with van der Waals surface area (Å²) >= 11 is 0. The maximum absolute atomic E-state index is 11.5. The van der Waals surface area contributed by atoms with Crippen LogP contribution in [-0.2, 0) is 4.74 Å². The number of carbonyl (C=O) groups is 1. The summed E-state index contributed by atoms with van der Waals surface area (Å²) in [7, 11) is 0. The predicted octanol–water partition coefficient (Wildman–Crippen LogP) is 0.145. The maximum Gasteiger partial charge on any atom is 0.409 e. The van der Waals surface area contributed by atoms with Crippen molar-refractivity contribution >= 4 is 12.1 Å². The number of aliphatic imine (C=N–C) groups is 1. The number of nitrogens with two attached hydrogens (primary N) is 1. The first-order valence-electron chi connectivity index (χ1n) is 6.09. The Labute approximate surface area is 108 Å². The average molecular weight is 252 g/mol. The molecule has 0 saturated carbocycles. The third-order valence-electron chi connectivity index (χ3n) is 2.71. The van der Waals surface area contributed by atoms with Gasteiger partial charge in [-0.05, 0) is 19.8 Å². The number of hydrogen-bond acceptors (Lipinski definition) is 3. The van der Waals surface area contributed by atoms with Crippen molar-refractivity contribution in [3.8, 4) is 12.3 Å². The van der Waals surface area contributed by atoms with Crippen LogP contribution in [0, 0.1) is 12.3 Å². The highest BCUT2D eigenvalue weighted by molar-refractivity contribution is 5.78. The number of piperidine rings is 1. The van der Waals surface area contributed by atoms with Gasteiger partial charge in [-0.25, -0.2) is 9.79 Å². The summed E-state index contributed by atoms with van der Waals surface area (Å²) in [6.07, 6.45) is 6.50. The van der Waals surface area contributed by atoms with E-state index >= 15 is 0 Å². The van der Waals surface area contributed by atoms with Gasteiger partial charge in [0, 0.05) is 19.1 Å². The molecule has 1 fully saturated rings. The van der Waals surface area contributed by atoms with Crippen molar-refractivity contribution in [3.05, 3.63) is 0 Å². The van der Waals surface area contributed by atoms with Gasteiger partial charge in [0.25, 0.3) is 0 Å². The van der Waals surface area contributed by atoms with Gasteiger partial charge in [0.05, 0.1) is 6.61 Å². The second-order valence-corrected chi connectivity index (χ2v) is 4.01. The van der Waals surface area contributed by atoms with Crippen molar-refractivity contribution in [1.82, 2.24) is 10.2 Å². The van der Waals surface area contributed by atoms with Crippen molar-refractivity contribution in [2.45, 2.75) is 25.8 Å². The number of terminal acetylenes is 1. The molecule has 0 spiro atoms. The van der Waals surface area contributed by atoms with Crippen LogP contribution in [0.25, 0.3) is 0 Å². The van der Waals surface area contributed by atoms with E-state index < -0.39 is 0 Å². The molecular weight excluding hydrogens is 232 g/mol. The minimum Gasteiger partial charge on any atom is -0.450 e. The topological polar surface area (TPSA) is 80.0 Å². The zero-order valence-electron chi connectivity index (χ0n) is 10.7. The first-order valence-corrected chi connectivity index (χ1v) is 6.09. The molecule has 0 unspecified atom stereocenters. The largest absolute Gasteiger partial charge is 0.450 e. The van der Waals surface area contributed by atoms with E-state index in [4.69, 9.17) is 16.9 Å². The molecule has 0 aromatic carbocycles. The summed E-state index contributed by atoms with van der Waals surface area (Å²) in [6, 6.07) is 0.234. The Balaban J connectivity index is 2.31. The number of nitrogens with one attached hydrogen (secondary N) is 1. The molecule has 1 aliphatic heterocycles. The van der Waals surface area contributed by atoms with Crippen LogP contribution in [0.4, 0.5) is 4.79 Å². The summed E-state index contributed by atoms with van der Waals surface area (Å²) in [5.41, 5.74) is 5.67. The molecule has 1 amide bonds. The zero-order chi connectivity index (χ0) is 13.4. The smallest absolute Gasteiger partial charge is 0.409 e. The van der Waals surface area contributed by atoms with E-state index in [0.29, 0.717) is 25.7 Å². The van der Waals surface area contributed by atoms with Crippen molar-refractivity contribution in [2.75, 3.05) is 26.2 Å². The highest BCUT2D eigenvalue weighted by Gasteiger charge is 2.23. The lowest BCUT2D eigenvalue weighted by Crippen LogP contribution is -2.48. The van der Waals surface area contributed by atoms with Gasteiger partial charge < -0.3 is 20.7 Å². The highest BCUT2D eigenvalue weighted by atomic mass is 16.6. The second-order valence-electron chi connectivity index (χ2n) is 4.01. The van der Waals surface area contributed by atoms with Gasteiger partial charge in [0.2, 0.25) is 0 Å². The van der Waals surface area contributed by atoms with Crippen molar-refractivity contribution < 1.29 is 9.53 Å². The number of guanidine groups is 1. The van der Waals surface area contributed by atoms with Gasteiger partial charge in [-0.2, -0.15) is 0 Å². The summed E-state index contributed by atoms with van der Waals surface area (Å²) in [5.74, 6) is 2.76. The van der Waals surface area contributed by atoms with Crippen LogP contribution in [0.5, 0.6) is 0 Å². The van der Waals surface area contributed by atoms with E-state index in [1.807, 2.05) is 0 Å². The summed E-state index contributed by atoms with van der Waals surface area (Å²) in [6.45, 7) is 3.82. The fraction of sp³-hybridized carbons (Fsp3) is 0.667. The predicted molar refractivity (Wildman–Crippen MR) is 70.1 cm³/mol. The van der Waals surface area contributed by atoms with Crippen LogP contribution in [0.3, 0.4) is 0 Å². The van der Waals surface area contributed by atoms with Crippen LogP contribution in [0.15, 0.2) is 4.99 Å². The molecule has 100 valence electrons. The fourth-order valence-corrected chi connectivity index (χ4v) is 1.81. The molecule has 1 rings (SSSR count). The van der Waals surface area contributed by atoms with Crippen LogP contribution in [0.2, 0.25) is 0 Å². The van der Waals surface area contributed by atoms with Crippen molar-refractivity contribution in [3.63, 3.8) is 0 Å². The molecule has 6 heteroatoms. The molecule has 1 heterocycles. The fourth-order valence-electron chi connectivity index (χ4n) is 1.81. The van der Waals surface area contributed by atoms with E-state index in [1.165, 1.54) is 0 Å². The van der Waals surface area contributed by atoms with Gasteiger partial charge in [-0.1, -0.05) is 5.92 Å². The molecule has 0 radical (unpaired) electrons. The molecule has 0 bridgehead atoms. The lowest BCUT2D eigenvalue weighted by atomic mass is 10.1. The quantitative estimate of drug-likeness (QED) is 0.425. The van der Waals surface area contributed by atoms with Crippen molar-refractivity contribution in [1.29, 1.82) is 0 Å². The van der Waals surface area contributed by atoms with Gasteiger partial charge in [-0.3, -0.25) is 0 Å². The molecule has 0 atom stereocenters. The van der Waals surface area contributed by atoms with E-state index in [1.54, 1.807) is 11.8 Å². The first-order chi connectivity index (χ1) is 8.67. The van der Waals surface area contributed by atoms with E-state index in [-0.39, 0.29) is 18.7 Å². The minimum atomic E-state index is -0.245. The number of nitrogens with zero attached hydrogens (tertiary/aromatic N) is 2. The second kappa shape index (κ2) is 7.43. The third-order valence-corrected chi connectivity index (χ3v) is 2.71. The average Bonchev–Trinajstić information content (AvgIpc) is 2.37. The van der Waals surface area contributed by atoms with Crippen LogP contribution in [0.1, 0.15) is 19.8 Å². The summed E-state index contributed by atoms with van der Waals surface area (Å²) < 4.78 is 4.95. The Morgan fingerprint density at radius 2 is 2.28 bits per heavy atom. The number of likely N-dealkylation sites (tertiary alicyclic amines) is 1. The molecule has 1 saturated heterocycles. The van der Waals surface area contributed by atoms with Gasteiger partial charge in [0.1, 0.15) is 6.54 Å². The zero-order valence-corrected chi connectivity index (χ0v) is 10.7. The van der Waals surface area contributed by atoms with Gasteiger partial charge in [0.15, 0.2) is 5.96 Å². The van der Waals surface area contributed by atoms with Gasteiger partial charge in [-0.15, -0.1) is 6.42 Å². The Morgan fingerprint density at radius 3 is 2.83 bits per heavy atom. The molecule has 0 aromatic rings. The number of amides is 1. The van der Waals surface area contributed by atoms with E-state index in [0.717, 1.165) is 12.8 Å². The normalized spacial score (nSPS) is 17.1. The van der Waals surface area contributed by atoms with Crippen LogP contribution >= 0.6 is 0 Å². The number of hydrogen-bond donors (Lipinski definition) is 2. The summed E-state index contributed by atoms with van der Waals surface area (Å²) in [5, 5.41) is 3.10. The minimum absolute atomic E-state index is 0.234. The Kier molecular flexibility index (Phi) is 5.85. The first kappa shape index (κ1) is 14.2. The van der Waals surface area contributed by atoms with Crippen LogP contribution in [-0.4, -0.2) is 49.2 Å². The monoisotopic (exact) mass is 252 g/mol. The Hall–Kier alpha value is -1.90.